The molecule has 3 rings (SSSR count). The Hall–Kier alpha value is -0.900. The molecular weight excluding hydrogens is 238 g/mol. The maximum absolute atomic E-state index is 5.60. The summed E-state index contributed by atoms with van der Waals surface area (Å²) in [7, 11) is 0. The van der Waals surface area contributed by atoms with Crippen LogP contribution in [0.5, 0.6) is 0 Å². The van der Waals surface area contributed by atoms with Crippen LogP contribution in [0.4, 0.5) is 0 Å². The van der Waals surface area contributed by atoms with Gasteiger partial charge in [0.2, 0.25) is 5.89 Å². The molecule has 2 saturated carbocycles. The van der Waals surface area contributed by atoms with E-state index in [9.17, 15) is 0 Å². The second kappa shape index (κ2) is 5.23. The third-order valence-electron chi connectivity index (χ3n) is 4.41. The van der Waals surface area contributed by atoms with Crippen molar-refractivity contribution in [1.82, 2.24) is 15.5 Å². The molecule has 1 N–H and O–H groups in total. The van der Waals surface area contributed by atoms with Crippen molar-refractivity contribution in [2.24, 2.45) is 5.92 Å². The highest BCUT2D eigenvalue weighted by Crippen LogP contribution is 2.44. The minimum absolute atomic E-state index is 0.166. The third kappa shape index (κ3) is 2.99. The van der Waals surface area contributed by atoms with Crippen molar-refractivity contribution < 1.29 is 4.52 Å². The molecule has 1 aromatic rings. The Bertz CT molecular complexity index is 417. The van der Waals surface area contributed by atoms with Gasteiger partial charge in [0.25, 0.3) is 0 Å². The molecular formula is C15H25N3O. The molecule has 0 radical (unpaired) electrons. The molecule has 106 valence electrons. The molecule has 0 unspecified atom stereocenters. The van der Waals surface area contributed by atoms with Gasteiger partial charge in [0.15, 0.2) is 5.82 Å². The van der Waals surface area contributed by atoms with E-state index in [0.717, 1.165) is 18.3 Å². The highest BCUT2D eigenvalue weighted by Gasteiger charge is 2.41. The Kier molecular flexibility index (Phi) is 3.61. The zero-order valence-electron chi connectivity index (χ0n) is 12.1. The van der Waals surface area contributed by atoms with Gasteiger partial charge in [0.1, 0.15) is 0 Å². The molecule has 0 amide bonds. The molecule has 1 heterocycles. The van der Waals surface area contributed by atoms with E-state index in [1.165, 1.54) is 44.9 Å². The van der Waals surface area contributed by atoms with Gasteiger partial charge >= 0.3 is 0 Å². The van der Waals surface area contributed by atoms with E-state index < -0.39 is 0 Å². The lowest BCUT2D eigenvalue weighted by atomic mass is 9.78. The highest BCUT2D eigenvalue weighted by atomic mass is 16.5. The topological polar surface area (TPSA) is 51.0 Å². The monoisotopic (exact) mass is 263 g/mol. The van der Waals surface area contributed by atoms with E-state index in [4.69, 9.17) is 4.52 Å². The van der Waals surface area contributed by atoms with Crippen molar-refractivity contribution in [2.45, 2.75) is 76.8 Å². The van der Waals surface area contributed by atoms with Gasteiger partial charge < -0.3 is 9.84 Å². The molecule has 0 aromatic carbocycles. The highest BCUT2D eigenvalue weighted by molar-refractivity contribution is 5.08. The smallest absolute Gasteiger partial charge is 0.232 e. The van der Waals surface area contributed by atoms with E-state index in [2.05, 4.69) is 29.3 Å². The van der Waals surface area contributed by atoms with Crippen LogP contribution in [0.2, 0.25) is 0 Å². The standard InChI is InChI=1S/C15H25N3O/c1-11(2)9-15(7-3-4-8-15)14-17-13(18-19-14)10-16-12-5-6-12/h11-12,16H,3-10H2,1-2H3. The number of hydrogen-bond acceptors (Lipinski definition) is 4. The van der Waals surface area contributed by atoms with Crippen molar-refractivity contribution in [3.63, 3.8) is 0 Å². The molecule has 4 heteroatoms. The summed E-state index contributed by atoms with van der Waals surface area (Å²) in [5, 5.41) is 7.61. The summed E-state index contributed by atoms with van der Waals surface area (Å²) in [5.74, 6) is 2.40. The number of aromatic nitrogens is 2. The molecule has 0 bridgehead atoms. The zero-order chi connectivity index (χ0) is 13.3. The minimum Gasteiger partial charge on any atom is -0.339 e. The number of nitrogens with zero attached hydrogens (tertiary/aromatic N) is 2. The summed E-state index contributed by atoms with van der Waals surface area (Å²) in [5.41, 5.74) is 0.166. The summed E-state index contributed by atoms with van der Waals surface area (Å²) in [6.45, 7) is 5.32. The quantitative estimate of drug-likeness (QED) is 0.856. The lowest BCUT2D eigenvalue weighted by Crippen LogP contribution is -2.25. The van der Waals surface area contributed by atoms with Gasteiger partial charge in [-0.2, -0.15) is 4.98 Å². The SMILES string of the molecule is CC(C)CC1(c2nc(CNC3CC3)no2)CCCC1. The summed E-state index contributed by atoms with van der Waals surface area (Å²) < 4.78 is 5.60. The summed E-state index contributed by atoms with van der Waals surface area (Å²) in [4.78, 5) is 4.68. The summed E-state index contributed by atoms with van der Waals surface area (Å²) >= 11 is 0. The second-order valence-electron chi connectivity index (χ2n) is 6.76. The fourth-order valence-electron chi connectivity index (χ4n) is 3.40. The Morgan fingerprint density at radius 1 is 1.32 bits per heavy atom. The number of rotatable bonds is 6. The number of hydrogen-bond donors (Lipinski definition) is 1. The lowest BCUT2D eigenvalue weighted by molar-refractivity contribution is 0.243. The molecule has 0 spiro atoms. The lowest BCUT2D eigenvalue weighted by Gasteiger charge is -2.26. The molecule has 0 aliphatic heterocycles. The minimum atomic E-state index is 0.166. The fraction of sp³-hybridized carbons (Fsp3) is 0.867. The van der Waals surface area contributed by atoms with Crippen LogP contribution in [0.3, 0.4) is 0 Å². The third-order valence-corrected chi connectivity index (χ3v) is 4.41. The van der Waals surface area contributed by atoms with Gasteiger partial charge in [-0.3, -0.25) is 0 Å². The normalized spacial score (nSPS) is 22.3. The molecule has 0 saturated heterocycles. The van der Waals surface area contributed by atoms with Crippen LogP contribution in [0.15, 0.2) is 4.52 Å². The van der Waals surface area contributed by atoms with Crippen LogP contribution in [0.25, 0.3) is 0 Å². The Balaban J connectivity index is 1.70. The number of nitrogens with one attached hydrogen (secondary N) is 1. The maximum Gasteiger partial charge on any atom is 0.232 e. The first-order valence-corrected chi connectivity index (χ1v) is 7.74. The Morgan fingerprint density at radius 3 is 2.68 bits per heavy atom. The first kappa shape index (κ1) is 13.1. The largest absolute Gasteiger partial charge is 0.339 e. The predicted molar refractivity (Wildman–Crippen MR) is 73.8 cm³/mol. The molecule has 2 aliphatic carbocycles. The fourth-order valence-corrected chi connectivity index (χ4v) is 3.40. The van der Waals surface area contributed by atoms with Gasteiger partial charge in [-0.25, -0.2) is 0 Å². The first-order valence-electron chi connectivity index (χ1n) is 7.74. The molecule has 1 aromatic heterocycles. The first-order chi connectivity index (χ1) is 9.18. The summed E-state index contributed by atoms with van der Waals surface area (Å²) in [6, 6.07) is 0.693. The zero-order valence-corrected chi connectivity index (χ0v) is 12.1. The van der Waals surface area contributed by atoms with Gasteiger partial charge in [0, 0.05) is 11.5 Å². The van der Waals surface area contributed by atoms with Crippen LogP contribution in [-0.4, -0.2) is 16.2 Å². The van der Waals surface area contributed by atoms with Gasteiger partial charge in [-0.15, -0.1) is 0 Å². The predicted octanol–water partition coefficient (Wildman–Crippen LogP) is 3.18. The van der Waals surface area contributed by atoms with E-state index in [1.54, 1.807) is 0 Å². The average Bonchev–Trinajstić information content (AvgIpc) is 2.88. The van der Waals surface area contributed by atoms with Crippen molar-refractivity contribution in [2.75, 3.05) is 0 Å². The van der Waals surface area contributed by atoms with E-state index in [1.807, 2.05) is 0 Å². The summed E-state index contributed by atoms with van der Waals surface area (Å²) in [6.07, 6.45) is 8.77. The van der Waals surface area contributed by atoms with Crippen LogP contribution in [-0.2, 0) is 12.0 Å². The van der Waals surface area contributed by atoms with Crippen molar-refractivity contribution >= 4 is 0 Å². The van der Waals surface area contributed by atoms with E-state index >= 15 is 0 Å². The maximum atomic E-state index is 5.60. The van der Waals surface area contributed by atoms with Crippen molar-refractivity contribution in [1.29, 1.82) is 0 Å². The van der Waals surface area contributed by atoms with Crippen LogP contribution in [0.1, 0.15) is 70.5 Å². The Labute approximate surface area is 115 Å². The molecule has 0 atom stereocenters. The van der Waals surface area contributed by atoms with Gasteiger partial charge in [-0.05, 0) is 38.0 Å². The van der Waals surface area contributed by atoms with E-state index in [0.29, 0.717) is 12.0 Å². The van der Waals surface area contributed by atoms with Crippen LogP contribution < -0.4 is 5.32 Å². The average molecular weight is 263 g/mol. The van der Waals surface area contributed by atoms with Crippen LogP contribution in [0, 0.1) is 5.92 Å². The van der Waals surface area contributed by atoms with Crippen LogP contribution >= 0.6 is 0 Å². The molecule has 2 fully saturated rings. The molecule has 19 heavy (non-hydrogen) atoms. The Morgan fingerprint density at radius 2 is 2.05 bits per heavy atom. The second-order valence-corrected chi connectivity index (χ2v) is 6.76. The molecule has 2 aliphatic rings. The van der Waals surface area contributed by atoms with Gasteiger partial charge in [0.05, 0.1) is 6.54 Å². The van der Waals surface area contributed by atoms with Crippen molar-refractivity contribution in [3.8, 4) is 0 Å². The van der Waals surface area contributed by atoms with E-state index in [-0.39, 0.29) is 5.41 Å². The molecule has 4 nitrogen and oxygen atoms in total. The van der Waals surface area contributed by atoms with Crippen molar-refractivity contribution in [3.05, 3.63) is 11.7 Å². The van der Waals surface area contributed by atoms with Gasteiger partial charge in [-0.1, -0.05) is 31.8 Å².